The number of carbonyl (C=O) groups is 1. The minimum Gasteiger partial charge on any atom is -0.344 e. The number of fused-ring (bicyclic) bond motifs is 1. The molecule has 3 aromatic carbocycles. The van der Waals surface area contributed by atoms with Crippen LogP contribution in [0.5, 0.6) is 0 Å². The molecule has 0 bridgehead atoms. The van der Waals surface area contributed by atoms with Crippen molar-refractivity contribution >= 4 is 52.4 Å². The molecule has 1 aliphatic rings. The van der Waals surface area contributed by atoms with Crippen LogP contribution < -0.4 is 5.32 Å². The molecule has 4 aromatic rings. The second kappa shape index (κ2) is 11.1. The fourth-order valence-electron chi connectivity index (χ4n) is 4.75. The predicted octanol–water partition coefficient (Wildman–Crippen LogP) is 8.59. The van der Waals surface area contributed by atoms with E-state index in [0.29, 0.717) is 26.4 Å². The van der Waals surface area contributed by atoms with E-state index in [2.05, 4.69) is 11.4 Å². The average Bonchev–Trinajstić information content (AvgIpc) is 3.14. The van der Waals surface area contributed by atoms with E-state index < -0.39 is 0 Å². The quantitative estimate of drug-likeness (QED) is 0.253. The molecule has 0 unspecified atom stereocenters. The summed E-state index contributed by atoms with van der Waals surface area (Å²) in [6.45, 7) is 1.98. The molecule has 0 fully saturated rings. The zero-order valence-electron chi connectivity index (χ0n) is 20.3. The molecule has 1 amide bonds. The number of benzene rings is 3. The van der Waals surface area contributed by atoms with Gasteiger partial charge in [0.15, 0.2) is 5.69 Å². The first kappa shape index (κ1) is 25.6. The fraction of sp³-hybridized carbons (Fsp3) is 0.200. The first-order chi connectivity index (χ1) is 17.9. The average molecular weight is 551 g/mol. The van der Waals surface area contributed by atoms with Crippen LogP contribution in [-0.4, -0.2) is 15.7 Å². The van der Waals surface area contributed by atoms with Gasteiger partial charge in [-0.1, -0.05) is 77.3 Å². The summed E-state index contributed by atoms with van der Waals surface area (Å²) >= 11 is 19.0. The van der Waals surface area contributed by atoms with Gasteiger partial charge in [0.25, 0.3) is 5.91 Å². The van der Waals surface area contributed by atoms with Gasteiger partial charge in [-0.15, -0.1) is 0 Å². The standard InChI is InChI=1S/C30H26Cl3N3O/c1-19(21-7-3-2-4-8-21)34-30(37)28-25-10-6-5-9-22(17-20-11-13-23(31)14-12-20)29(25)36(35-28)27-16-15-24(32)18-26(27)33/h2-4,7-8,11-19H,5-6,9-10H2,1H3,(H,34,37)/b22-17+/t19-/m1/s1. The highest BCUT2D eigenvalue weighted by Gasteiger charge is 2.28. The van der Waals surface area contributed by atoms with Crippen molar-refractivity contribution in [3.63, 3.8) is 0 Å². The summed E-state index contributed by atoms with van der Waals surface area (Å²) in [4.78, 5) is 13.6. The van der Waals surface area contributed by atoms with Crippen LogP contribution in [0.3, 0.4) is 0 Å². The summed E-state index contributed by atoms with van der Waals surface area (Å²) < 4.78 is 1.81. The smallest absolute Gasteiger partial charge is 0.272 e. The van der Waals surface area contributed by atoms with Crippen LogP contribution in [0.4, 0.5) is 0 Å². The Bertz CT molecular complexity index is 1460. The van der Waals surface area contributed by atoms with Crippen LogP contribution in [0.15, 0.2) is 72.8 Å². The Labute approximate surface area is 231 Å². The number of aromatic nitrogens is 2. The summed E-state index contributed by atoms with van der Waals surface area (Å²) in [6.07, 6.45) is 5.72. The molecule has 0 saturated heterocycles. The van der Waals surface area contributed by atoms with Crippen molar-refractivity contribution in [2.75, 3.05) is 0 Å². The Kier molecular flexibility index (Phi) is 7.71. The molecule has 5 rings (SSSR count). The van der Waals surface area contributed by atoms with E-state index in [-0.39, 0.29) is 11.9 Å². The summed E-state index contributed by atoms with van der Waals surface area (Å²) in [5.74, 6) is -0.204. The highest BCUT2D eigenvalue weighted by atomic mass is 35.5. The van der Waals surface area contributed by atoms with Crippen LogP contribution in [0.2, 0.25) is 15.1 Å². The third-order valence-corrected chi connectivity index (χ3v) is 7.41. The van der Waals surface area contributed by atoms with E-state index >= 15 is 0 Å². The van der Waals surface area contributed by atoms with Crippen molar-refractivity contribution in [1.29, 1.82) is 0 Å². The number of halogens is 3. The minimum absolute atomic E-state index is 0.163. The molecule has 1 N–H and O–H groups in total. The molecule has 0 radical (unpaired) electrons. The molecule has 37 heavy (non-hydrogen) atoms. The highest BCUT2D eigenvalue weighted by molar-refractivity contribution is 6.35. The Morgan fingerprint density at radius 1 is 0.946 bits per heavy atom. The number of amides is 1. The number of allylic oxidation sites excluding steroid dienone is 1. The van der Waals surface area contributed by atoms with Gasteiger partial charge in [0, 0.05) is 15.6 Å². The molecule has 4 nitrogen and oxygen atoms in total. The third kappa shape index (κ3) is 5.62. The van der Waals surface area contributed by atoms with E-state index in [1.165, 1.54) is 0 Å². The molecule has 1 aromatic heterocycles. The van der Waals surface area contributed by atoms with Crippen LogP contribution in [-0.2, 0) is 6.42 Å². The van der Waals surface area contributed by atoms with Gasteiger partial charge < -0.3 is 5.32 Å². The number of nitrogens with zero attached hydrogens (tertiary/aromatic N) is 2. The first-order valence-corrected chi connectivity index (χ1v) is 13.4. The maximum Gasteiger partial charge on any atom is 0.272 e. The molecular formula is C30H26Cl3N3O. The molecule has 1 aliphatic carbocycles. The van der Waals surface area contributed by atoms with Crippen LogP contribution in [0, 0.1) is 0 Å². The molecule has 7 heteroatoms. The lowest BCUT2D eigenvalue weighted by atomic mass is 10.0. The van der Waals surface area contributed by atoms with Crippen molar-refractivity contribution in [3.05, 3.63) is 116 Å². The van der Waals surface area contributed by atoms with Crippen molar-refractivity contribution in [2.24, 2.45) is 0 Å². The topological polar surface area (TPSA) is 46.9 Å². The molecule has 0 spiro atoms. The van der Waals surface area contributed by atoms with Crippen molar-refractivity contribution < 1.29 is 4.79 Å². The summed E-state index contributed by atoms with van der Waals surface area (Å²) in [5.41, 5.74) is 6.12. The third-order valence-electron chi connectivity index (χ3n) is 6.62. The minimum atomic E-state index is -0.204. The van der Waals surface area contributed by atoms with Crippen molar-refractivity contribution in [3.8, 4) is 5.69 Å². The lowest BCUT2D eigenvalue weighted by molar-refractivity contribution is 0.0933. The number of rotatable bonds is 5. The normalized spacial score (nSPS) is 15.2. The Morgan fingerprint density at radius 3 is 2.38 bits per heavy atom. The molecule has 1 atom stereocenters. The van der Waals surface area contributed by atoms with Gasteiger partial charge in [0.2, 0.25) is 0 Å². The second-order valence-electron chi connectivity index (χ2n) is 9.22. The maximum absolute atomic E-state index is 13.6. The van der Waals surface area contributed by atoms with Gasteiger partial charge in [-0.25, -0.2) is 4.68 Å². The Morgan fingerprint density at radius 2 is 1.65 bits per heavy atom. The SMILES string of the molecule is C[C@@H](NC(=O)c1nn(-c2ccc(Cl)cc2Cl)c2c1CCCC/C2=C\c1ccc(Cl)cc1)c1ccccc1. The van der Waals surface area contributed by atoms with E-state index in [0.717, 1.165) is 53.6 Å². The van der Waals surface area contributed by atoms with E-state index in [4.69, 9.17) is 39.9 Å². The van der Waals surface area contributed by atoms with Gasteiger partial charge in [-0.05, 0) is 85.7 Å². The van der Waals surface area contributed by atoms with E-state index in [9.17, 15) is 4.79 Å². The second-order valence-corrected chi connectivity index (χ2v) is 10.5. The Balaban J connectivity index is 1.64. The van der Waals surface area contributed by atoms with Crippen molar-refractivity contribution in [2.45, 2.75) is 38.6 Å². The van der Waals surface area contributed by atoms with Gasteiger partial charge in [0.1, 0.15) is 0 Å². The number of carbonyl (C=O) groups excluding carboxylic acids is 1. The van der Waals surface area contributed by atoms with Gasteiger partial charge in [-0.3, -0.25) is 4.79 Å². The molecule has 188 valence electrons. The van der Waals surface area contributed by atoms with Crippen molar-refractivity contribution in [1.82, 2.24) is 15.1 Å². The lowest BCUT2D eigenvalue weighted by Gasteiger charge is -2.14. The zero-order chi connectivity index (χ0) is 25.9. The number of nitrogens with one attached hydrogen (secondary N) is 1. The van der Waals surface area contributed by atoms with Crippen LogP contribution in [0.25, 0.3) is 17.3 Å². The summed E-state index contributed by atoms with van der Waals surface area (Å²) in [7, 11) is 0. The molecule has 0 saturated carbocycles. The first-order valence-electron chi connectivity index (χ1n) is 12.3. The van der Waals surface area contributed by atoms with Gasteiger partial charge in [0.05, 0.1) is 22.4 Å². The predicted molar refractivity (Wildman–Crippen MR) is 153 cm³/mol. The van der Waals surface area contributed by atoms with Gasteiger partial charge >= 0.3 is 0 Å². The maximum atomic E-state index is 13.6. The fourth-order valence-corrected chi connectivity index (χ4v) is 5.37. The van der Waals surface area contributed by atoms with Crippen LogP contribution >= 0.6 is 34.8 Å². The molecular weight excluding hydrogens is 525 g/mol. The number of hydrogen-bond acceptors (Lipinski definition) is 2. The Hall–Kier alpha value is -3.05. The summed E-state index contributed by atoms with van der Waals surface area (Å²) in [6, 6.07) is 22.8. The lowest BCUT2D eigenvalue weighted by Crippen LogP contribution is -2.28. The van der Waals surface area contributed by atoms with Gasteiger partial charge in [-0.2, -0.15) is 5.10 Å². The largest absolute Gasteiger partial charge is 0.344 e. The zero-order valence-corrected chi connectivity index (χ0v) is 22.6. The van der Waals surface area contributed by atoms with Crippen LogP contribution in [0.1, 0.15) is 65.1 Å². The number of hydrogen-bond donors (Lipinski definition) is 1. The monoisotopic (exact) mass is 549 g/mol. The molecule has 0 aliphatic heterocycles. The summed E-state index contributed by atoms with van der Waals surface area (Å²) in [5, 5.41) is 9.70. The van der Waals surface area contributed by atoms with E-state index in [1.807, 2.05) is 72.3 Å². The highest BCUT2D eigenvalue weighted by Crippen LogP contribution is 2.37. The molecule has 1 heterocycles. The van der Waals surface area contributed by atoms with E-state index in [1.54, 1.807) is 12.1 Å².